The monoisotopic (exact) mass is 284 g/mol. The Morgan fingerprint density at radius 1 is 1.24 bits per heavy atom. The summed E-state index contributed by atoms with van der Waals surface area (Å²) in [6.45, 7) is 0. The van der Waals surface area contributed by atoms with Crippen molar-refractivity contribution in [3.8, 4) is 0 Å². The molecule has 0 radical (unpaired) electrons. The van der Waals surface area contributed by atoms with Gasteiger partial charge in [0.15, 0.2) is 0 Å². The summed E-state index contributed by atoms with van der Waals surface area (Å²) in [7, 11) is 0. The van der Waals surface area contributed by atoms with E-state index in [1.807, 2.05) is 18.2 Å². The number of hydrogen-bond acceptors (Lipinski definition) is 2. The first-order valence-corrected chi connectivity index (χ1v) is 6.55. The first-order chi connectivity index (χ1) is 10.2. The molecule has 3 aromatic rings. The number of pyridine rings is 1. The molecule has 1 aromatic carbocycles. The van der Waals surface area contributed by atoms with Gasteiger partial charge < -0.3 is 9.51 Å². The van der Waals surface area contributed by atoms with Crippen LogP contribution in [0.3, 0.4) is 0 Å². The first kappa shape index (κ1) is 13.3. The first-order valence-electron chi connectivity index (χ1n) is 6.55. The summed E-state index contributed by atoms with van der Waals surface area (Å²) in [5, 5.41) is 9.15. The molecule has 0 aliphatic carbocycles. The quantitative estimate of drug-likeness (QED) is 0.801. The van der Waals surface area contributed by atoms with Crippen molar-refractivity contribution in [3.63, 3.8) is 0 Å². The highest BCUT2D eigenvalue weighted by Gasteiger charge is 2.23. The Bertz CT molecular complexity index is 798. The second-order valence-electron chi connectivity index (χ2n) is 4.78. The van der Waals surface area contributed by atoms with Crippen LogP contribution < -0.4 is 0 Å². The minimum Gasteiger partial charge on any atom is -0.481 e. The lowest BCUT2D eigenvalue weighted by atomic mass is 9.92. The highest BCUT2D eigenvalue weighted by molar-refractivity contribution is 5.69. The van der Waals surface area contributed by atoms with Crippen LogP contribution in [0.25, 0.3) is 5.65 Å². The van der Waals surface area contributed by atoms with Gasteiger partial charge in [-0.25, -0.2) is 9.37 Å². The number of halogens is 1. The van der Waals surface area contributed by atoms with Gasteiger partial charge in [-0.05, 0) is 23.8 Å². The lowest BCUT2D eigenvalue weighted by molar-refractivity contribution is -0.137. The number of rotatable bonds is 4. The number of carbonyl (C=O) groups is 1. The highest BCUT2D eigenvalue weighted by atomic mass is 19.1. The zero-order valence-corrected chi connectivity index (χ0v) is 11.1. The molecule has 1 atom stereocenters. The van der Waals surface area contributed by atoms with Gasteiger partial charge in [-0.15, -0.1) is 0 Å². The van der Waals surface area contributed by atoms with Crippen molar-refractivity contribution in [2.45, 2.75) is 12.3 Å². The van der Waals surface area contributed by atoms with E-state index in [9.17, 15) is 9.18 Å². The van der Waals surface area contributed by atoms with Crippen molar-refractivity contribution in [2.75, 3.05) is 0 Å². The number of carboxylic acids is 1. The van der Waals surface area contributed by atoms with Crippen LogP contribution in [0.15, 0.2) is 54.9 Å². The van der Waals surface area contributed by atoms with Gasteiger partial charge >= 0.3 is 5.97 Å². The Morgan fingerprint density at radius 2 is 2.00 bits per heavy atom. The number of nitrogens with zero attached hydrogens (tertiary/aromatic N) is 2. The Hall–Kier alpha value is -2.69. The summed E-state index contributed by atoms with van der Waals surface area (Å²) in [6, 6.07) is 11.8. The third kappa shape index (κ3) is 2.50. The zero-order valence-electron chi connectivity index (χ0n) is 11.1. The van der Waals surface area contributed by atoms with E-state index in [-0.39, 0.29) is 6.42 Å². The van der Waals surface area contributed by atoms with Gasteiger partial charge in [-0.3, -0.25) is 4.79 Å². The van der Waals surface area contributed by atoms with Crippen molar-refractivity contribution in [1.82, 2.24) is 9.38 Å². The smallest absolute Gasteiger partial charge is 0.304 e. The number of benzene rings is 1. The van der Waals surface area contributed by atoms with Gasteiger partial charge in [0.2, 0.25) is 0 Å². The average molecular weight is 284 g/mol. The minimum absolute atomic E-state index is 0.191. The molecule has 1 unspecified atom stereocenters. The van der Waals surface area contributed by atoms with Crippen LogP contribution in [-0.4, -0.2) is 20.5 Å². The van der Waals surface area contributed by atoms with Crippen LogP contribution in [0.1, 0.15) is 23.6 Å². The van der Waals surface area contributed by atoms with Gasteiger partial charge in [0.05, 0.1) is 12.1 Å². The van der Waals surface area contributed by atoms with Gasteiger partial charge in [0.1, 0.15) is 11.5 Å². The lowest BCUT2D eigenvalue weighted by Crippen LogP contribution is -2.11. The average Bonchev–Trinajstić information content (AvgIpc) is 2.89. The predicted molar refractivity (Wildman–Crippen MR) is 75.7 cm³/mol. The SMILES string of the molecule is O=C(O)CC(c1ccccc1F)c1cnc2ccccn12. The van der Waals surface area contributed by atoms with Gasteiger partial charge in [-0.2, -0.15) is 0 Å². The van der Waals surface area contributed by atoms with Gasteiger partial charge in [0.25, 0.3) is 0 Å². The fourth-order valence-electron chi connectivity index (χ4n) is 2.52. The van der Waals surface area contributed by atoms with Gasteiger partial charge in [-0.1, -0.05) is 24.3 Å². The van der Waals surface area contributed by atoms with Crippen molar-refractivity contribution in [2.24, 2.45) is 0 Å². The third-order valence-electron chi connectivity index (χ3n) is 3.46. The fourth-order valence-corrected chi connectivity index (χ4v) is 2.52. The van der Waals surface area contributed by atoms with Crippen molar-refractivity contribution < 1.29 is 14.3 Å². The molecule has 2 heterocycles. The molecule has 0 fully saturated rings. The Labute approximate surface area is 120 Å². The Kier molecular flexibility index (Phi) is 3.39. The Balaban J connectivity index is 2.16. The maximum atomic E-state index is 14.1. The van der Waals surface area contributed by atoms with Crippen LogP contribution in [0.2, 0.25) is 0 Å². The highest BCUT2D eigenvalue weighted by Crippen LogP contribution is 2.30. The second-order valence-corrected chi connectivity index (χ2v) is 4.78. The summed E-state index contributed by atoms with van der Waals surface area (Å²) in [5.41, 5.74) is 1.74. The topological polar surface area (TPSA) is 54.6 Å². The molecule has 106 valence electrons. The number of aliphatic carboxylic acids is 1. The maximum Gasteiger partial charge on any atom is 0.304 e. The molecular formula is C16H13FN2O2. The molecule has 0 amide bonds. The van der Waals surface area contributed by atoms with E-state index in [0.717, 1.165) is 0 Å². The lowest BCUT2D eigenvalue weighted by Gasteiger charge is -2.16. The van der Waals surface area contributed by atoms with E-state index in [0.29, 0.717) is 16.9 Å². The van der Waals surface area contributed by atoms with Crippen LogP contribution >= 0.6 is 0 Å². The molecule has 5 heteroatoms. The van der Waals surface area contributed by atoms with E-state index in [4.69, 9.17) is 5.11 Å². The van der Waals surface area contributed by atoms with Crippen molar-refractivity contribution in [1.29, 1.82) is 0 Å². The normalized spacial score (nSPS) is 12.4. The van der Waals surface area contributed by atoms with E-state index in [1.54, 1.807) is 35.0 Å². The summed E-state index contributed by atoms with van der Waals surface area (Å²) in [4.78, 5) is 15.4. The molecule has 0 saturated heterocycles. The Morgan fingerprint density at radius 3 is 2.76 bits per heavy atom. The van der Waals surface area contributed by atoms with Crippen LogP contribution in [0.5, 0.6) is 0 Å². The van der Waals surface area contributed by atoms with Crippen LogP contribution in [0, 0.1) is 5.82 Å². The number of hydrogen-bond donors (Lipinski definition) is 1. The molecule has 0 aliphatic heterocycles. The number of aromatic nitrogens is 2. The maximum absolute atomic E-state index is 14.1. The van der Waals surface area contributed by atoms with Gasteiger partial charge in [0, 0.05) is 18.3 Å². The molecule has 0 saturated carbocycles. The molecule has 0 bridgehead atoms. The minimum atomic E-state index is -0.978. The summed E-state index contributed by atoms with van der Waals surface area (Å²) in [6.07, 6.45) is 3.21. The third-order valence-corrected chi connectivity index (χ3v) is 3.46. The summed E-state index contributed by atoms with van der Waals surface area (Å²) in [5.74, 6) is -1.97. The molecule has 1 N–H and O–H groups in total. The predicted octanol–water partition coefficient (Wildman–Crippen LogP) is 3.08. The van der Waals surface area contributed by atoms with Crippen molar-refractivity contribution in [3.05, 3.63) is 71.9 Å². The fraction of sp³-hybridized carbons (Fsp3) is 0.125. The molecule has 4 nitrogen and oxygen atoms in total. The molecular weight excluding hydrogens is 271 g/mol. The van der Waals surface area contributed by atoms with Crippen molar-refractivity contribution >= 4 is 11.6 Å². The summed E-state index contributed by atoms with van der Waals surface area (Å²) < 4.78 is 15.9. The largest absolute Gasteiger partial charge is 0.481 e. The van der Waals surface area contributed by atoms with E-state index < -0.39 is 17.7 Å². The number of fused-ring (bicyclic) bond motifs is 1. The zero-order chi connectivity index (χ0) is 14.8. The number of imidazole rings is 1. The second kappa shape index (κ2) is 5.36. The molecule has 3 rings (SSSR count). The van der Waals surface area contributed by atoms with Crippen LogP contribution in [-0.2, 0) is 4.79 Å². The number of carboxylic acid groups (broad SMARTS) is 1. The van der Waals surface area contributed by atoms with E-state index in [2.05, 4.69) is 4.98 Å². The van der Waals surface area contributed by atoms with E-state index >= 15 is 0 Å². The van der Waals surface area contributed by atoms with Crippen LogP contribution in [0.4, 0.5) is 4.39 Å². The molecule has 0 spiro atoms. The standard InChI is InChI=1S/C16H13FN2O2/c17-13-6-2-1-5-11(13)12(9-16(20)21)14-10-18-15-7-3-4-8-19(14)15/h1-8,10,12H,9H2,(H,20,21). The summed E-state index contributed by atoms with van der Waals surface area (Å²) >= 11 is 0. The van der Waals surface area contributed by atoms with E-state index in [1.165, 1.54) is 6.07 Å². The molecule has 2 aromatic heterocycles. The molecule has 21 heavy (non-hydrogen) atoms. The molecule has 0 aliphatic rings.